The van der Waals surface area contributed by atoms with Crippen LogP contribution >= 0.6 is 0 Å². The molecule has 1 aliphatic rings. The summed E-state index contributed by atoms with van der Waals surface area (Å²) in [6.07, 6.45) is 2.65. The number of hydrogen-bond acceptors (Lipinski definition) is 3. The Balaban J connectivity index is 2.60. The van der Waals surface area contributed by atoms with Gasteiger partial charge in [-0.15, -0.1) is 0 Å². The number of amides is 1. The van der Waals surface area contributed by atoms with Crippen LogP contribution in [0.15, 0.2) is 0 Å². The van der Waals surface area contributed by atoms with Crippen LogP contribution in [0.2, 0.25) is 0 Å². The summed E-state index contributed by atoms with van der Waals surface area (Å²) in [5.41, 5.74) is 0. The molecule has 0 radical (unpaired) electrons. The first-order chi connectivity index (χ1) is 5.95. The highest BCUT2D eigenvalue weighted by Gasteiger charge is 2.30. The normalized spacial score (nSPS) is 24.6. The molecule has 1 saturated heterocycles. The Morgan fingerprint density at radius 2 is 2.15 bits per heavy atom. The lowest BCUT2D eigenvalue weighted by Gasteiger charge is -2.19. The first-order valence-electron chi connectivity index (χ1n) is 4.07. The number of likely N-dealkylation sites (N-methyl/N-ethyl adjacent to an activating group) is 1. The molecule has 1 rings (SSSR count). The Morgan fingerprint density at radius 1 is 1.54 bits per heavy atom. The van der Waals surface area contributed by atoms with Gasteiger partial charge in [0, 0.05) is 26.2 Å². The van der Waals surface area contributed by atoms with Gasteiger partial charge in [-0.2, -0.15) is 0 Å². The van der Waals surface area contributed by atoms with Crippen molar-refractivity contribution >= 4 is 16.4 Å². The summed E-state index contributed by atoms with van der Waals surface area (Å²) in [6, 6.07) is 0.0345. The molecule has 0 aliphatic carbocycles. The van der Waals surface area contributed by atoms with Crippen molar-refractivity contribution in [2.24, 2.45) is 0 Å². The standard InChI is InChI=1S/C7H14N2O3S/c1-8(6-10)7-3-4-9(5-7)13(2,11)12/h6-7H,3-5H2,1-2H3. The maximum Gasteiger partial charge on any atom is 0.211 e. The largest absolute Gasteiger partial charge is 0.344 e. The van der Waals surface area contributed by atoms with Gasteiger partial charge in [0.05, 0.1) is 6.26 Å². The number of sulfonamides is 1. The summed E-state index contributed by atoms with van der Waals surface area (Å²) < 4.78 is 23.6. The zero-order valence-corrected chi connectivity index (χ0v) is 8.62. The summed E-state index contributed by atoms with van der Waals surface area (Å²) in [4.78, 5) is 11.9. The third-order valence-corrected chi connectivity index (χ3v) is 3.61. The minimum atomic E-state index is -3.09. The quantitative estimate of drug-likeness (QED) is 0.563. The number of carbonyl (C=O) groups excluding carboxylic acids is 1. The van der Waals surface area contributed by atoms with Crippen LogP contribution in [0.1, 0.15) is 6.42 Å². The van der Waals surface area contributed by atoms with Crippen molar-refractivity contribution < 1.29 is 13.2 Å². The summed E-state index contributed by atoms with van der Waals surface area (Å²) in [7, 11) is -1.42. The van der Waals surface area contributed by atoms with Gasteiger partial charge in [0.1, 0.15) is 0 Å². The molecule has 0 saturated carbocycles. The second-order valence-electron chi connectivity index (χ2n) is 3.33. The predicted molar refractivity (Wildman–Crippen MR) is 48.6 cm³/mol. The molecule has 0 aromatic rings. The highest BCUT2D eigenvalue weighted by molar-refractivity contribution is 7.88. The average Bonchev–Trinajstić information content (AvgIpc) is 2.50. The van der Waals surface area contributed by atoms with E-state index < -0.39 is 10.0 Å². The molecular formula is C7H14N2O3S. The number of nitrogens with zero attached hydrogens (tertiary/aromatic N) is 2. The highest BCUT2D eigenvalue weighted by atomic mass is 32.2. The number of hydrogen-bond donors (Lipinski definition) is 0. The van der Waals surface area contributed by atoms with Crippen molar-refractivity contribution in [2.75, 3.05) is 26.4 Å². The lowest BCUT2D eigenvalue weighted by molar-refractivity contribution is -0.118. The van der Waals surface area contributed by atoms with Crippen LogP contribution in [0.4, 0.5) is 0 Å². The Labute approximate surface area is 78.4 Å². The van der Waals surface area contributed by atoms with Gasteiger partial charge >= 0.3 is 0 Å². The van der Waals surface area contributed by atoms with Crippen LogP contribution in [0.25, 0.3) is 0 Å². The molecule has 0 N–H and O–H groups in total. The fourth-order valence-electron chi connectivity index (χ4n) is 1.43. The first-order valence-corrected chi connectivity index (χ1v) is 5.92. The average molecular weight is 206 g/mol. The zero-order chi connectivity index (χ0) is 10.1. The van der Waals surface area contributed by atoms with Crippen LogP contribution in [0.5, 0.6) is 0 Å². The van der Waals surface area contributed by atoms with Gasteiger partial charge in [-0.25, -0.2) is 12.7 Å². The van der Waals surface area contributed by atoms with Crippen molar-refractivity contribution in [3.05, 3.63) is 0 Å². The van der Waals surface area contributed by atoms with Gasteiger partial charge in [0.15, 0.2) is 0 Å². The third kappa shape index (κ3) is 2.41. The Hall–Kier alpha value is -0.620. The molecular weight excluding hydrogens is 192 g/mol. The third-order valence-electron chi connectivity index (χ3n) is 2.34. The van der Waals surface area contributed by atoms with Gasteiger partial charge in [-0.05, 0) is 6.42 Å². The molecule has 1 fully saturated rings. The molecule has 0 bridgehead atoms. The molecule has 1 amide bonds. The molecule has 1 aliphatic heterocycles. The molecule has 1 atom stereocenters. The van der Waals surface area contributed by atoms with Gasteiger partial charge < -0.3 is 4.90 Å². The maximum absolute atomic E-state index is 11.1. The van der Waals surface area contributed by atoms with E-state index in [9.17, 15) is 13.2 Å². The Kier molecular flexibility index (Phi) is 2.92. The van der Waals surface area contributed by atoms with Crippen molar-refractivity contribution in [3.63, 3.8) is 0 Å². The maximum atomic E-state index is 11.1. The molecule has 5 nitrogen and oxygen atoms in total. The van der Waals surface area contributed by atoms with E-state index in [0.717, 1.165) is 12.8 Å². The Morgan fingerprint density at radius 3 is 2.54 bits per heavy atom. The molecule has 1 heterocycles. The van der Waals surface area contributed by atoms with Gasteiger partial charge in [0.25, 0.3) is 0 Å². The van der Waals surface area contributed by atoms with Crippen LogP contribution in [0, 0.1) is 0 Å². The van der Waals surface area contributed by atoms with Crippen LogP contribution in [-0.4, -0.2) is 56.5 Å². The first kappa shape index (κ1) is 10.5. The number of carbonyl (C=O) groups is 1. The second-order valence-corrected chi connectivity index (χ2v) is 5.32. The van der Waals surface area contributed by atoms with Crippen molar-refractivity contribution in [2.45, 2.75) is 12.5 Å². The smallest absolute Gasteiger partial charge is 0.211 e. The SMILES string of the molecule is CN(C=O)C1CCN(S(C)(=O)=O)C1. The molecule has 76 valence electrons. The second kappa shape index (κ2) is 3.63. The zero-order valence-electron chi connectivity index (χ0n) is 7.80. The van der Waals surface area contributed by atoms with Crippen LogP contribution < -0.4 is 0 Å². The fourth-order valence-corrected chi connectivity index (χ4v) is 2.31. The number of rotatable bonds is 3. The van der Waals surface area contributed by atoms with Gasteiger partial charge in [-0.1, -0.05) is 0 Å². The van der Waals surface area contributed by atoms with Crippen LogP contribution in [-0.2, 0) is 14.8 Å². The molecule has 0 spiro atoms. The van der Waals surface area contributed by atoms with E-state index >= 15 is 0 Å². The minimum Gasteiger partial charge on any atom is -0.344 e. The van der Waals surface area contributed by atoms with Crippen molar-refractivity contribution in [1.82, 2.24) is 9.21 Å². The summed E-state index contributed by atoms with van der Waals surface area (Å²) in [6.45, 7) is 0.940. The van der Waals surface area contributed by atoms with Gasteiger partial charge in [0.2, 0.25) is 16.4 Å². The monoisotopic (exact) mass is 206 g/mol. The molecule has 13 heavy (non-hydrogen) atoms. The Bertz CT molecular complexity index is 288. The topological polar surface area (TPSA) is 57.7 Å². The predicted octanol–water partition coefficient (Wildman–Crippen LogP) is -0.891. The summed E-state index contributed by atoms with van der Waals surface area (Å²) >= 11 is 0. The van der Waals surface area contributed by atoms with E-state index in [0.29, 0.717) is 13.1 Å². The van der Waals surface area contributed by atoms with E-state index in [1.54, 1.807) is 7.05 Å². The minimum absolute atomic E-state index is 0.0345. The fraction of sp³-hybridized carbons (Fsp3) is 0.857. The van der Waals surface area contributed by atoms with Crippen molar-refractivity contribution in [3.8, 4) is 0 Å². The van der Waals surface area contributed by atoms with Crippen molar-refractivity contribution in [1.29, 1.82) is 0 Å². The highest BCUT2D eigenvalue weighted by Crippen LogP contribution is 2.15. The summed E-state index contributed by atoms with van der Waals surface area (Å²) in [5.74, 6) is 0. The summed E-state index contributed by atoms with van der Waals surface area (Å²) in [5, 5.41) is 0. The lowest BCUT2D eigenvalue weighted by Crippen LogP contribution is -2.35. The molecule has 0 aromatic heterocycles. The van der Waals surface area contributed by atoms with Crippen LogP contribution in [0.3, 0.4) is 0 Å². The lowest BCUT2D eigenvalue weighted by atomic mass is 10.2. The van der Waals surface area contributed by atoms with E-state index in [2.05, 4.69) is 0 Å². The van der Waals surface area contributed by atoms with Gasteiger partial charge in [-0.3, -0.25) is 4.79 Å². The molecule has 6 heteroatoms. The molecule has 0 aromatic carbocycles. The van der Waals surface area contributed by atoms with E-state index in [-0.39, 0.29) is 6.04 Å². The van der Waals surface area contributed by atoms with E-state index in [4.69, 9.17) is 0 Å². The van der Waals surface area contributed by atoms with E-state index in [1.807, 2.05) is 0 Å². The van der Waals surface area contributed by atoms with E-state index in [1.165, 1.54) is 15.5 Å². The molecule has 1 unspecified atom stereocenters.